The van der Waals surface area contributed by atoms with Crippen molar-refractivity contribution in [2.75, 3.05) is 0 Å². The first-order valence-corrected chi connectivity index (χ1v) is 7.61. The summed E-state index contributed by atoms with van der Waals surface area (Å²) in [6, 6.07) is 9.13. The van der Waals surface area contributed by atoms with E-state index in [2.05, 4.69) is 27.5 Å². The first-order valence-electron chi connectivity index (χ1n) is 5.91. The molecule has 6 heteroatoms. The fourth-order valence-corrected chi connectivity index (χ4v) is 4.20. The van der Waals surface area contributed by atoms with Gasteiger partial charge < -0.3 is 10.1 Å². The first kappa shape index (κ1) is 11.6. The van der Waals surface area contributed by atoms with Gasteiger partial charge in [-0.3, -0.25) is 0 Å². The Hall–Kier alpha value is -2.18. The predicted molar refractivity (Wildman–Crippen MR) is 81.7 cm³/mol. The van der Waals surface area contributed by atoms with Gasteiger partial charge in [0.05, 0.1) is 21.5 Å². The van der Waals surface area contributed by atoms with Crippen molar-refractivity contribution >= 4 is 49.1 Å². The van der Waals surface area contributed by atoms with E-state index in [-0.39, 0.29) is 5.56 Å². The number of nitrogens with one attached hydrogen (secondary N) is 1. The van der Waals surface area contributed by atoms with Crippen LogP contribution >= 0.6 is 22.7 Å². The number of thiophene rings is 2. The van der Waals surface area contributed by atoms with Gasteiger partial charge in [-0.1, -0.05) is 0 Å². The molecule has 0 atom stereocenters. The van der Waals surface area contributed by atoms with Crippen molar-refractivity contribution in [2.45, 2.75) is 0 Å². The summed E-state index contributed by atoms with van der Waals surface area (Å²) >= 11 is 3.39. The molecule has 4 rings (SSSR count). The van der Waals surface area contributed by atoms with Crippen molar-refractivity contribution < 1.29 is 9.90 Å². The van der Waals surface area contributed by atoms with Crippen LogP contribution in [-0.2, 0) is 0 Å². The van der Waals surface area contributed by atoms with Crippen molar-refractivity contribution in [2.24, 2.45) is 0 Å². The maximum atomic E-state index is 11.0. The molecular formula is C14H8N2O2S2. The Kier molecular flexibility index (Phi) is 2.42. The Morgan fingerprint density at radius 3 is 2.90 bits per heavy atom. The molecule has 4 nitrogen and oxygen atoms in total. The van der Waals surface area contributed by atoms with Gasteiger partial charge in [0.25, 0.3) is 0 Å². The van der Waals surface area contributed by atoms with Crippen LogP contribution in [0.2, 0.25) is 0 Å². The molecule has 0 amide bonds. The Balaban J connectivity index is 1.87. The van der Waals surface area contributed by atoms with E-state index in [1.54, 1.807) is 40.9 Å². The number of benzene rings is 1. The van der Waals surface area contributed by atoms with Gasteiger partial charge in [-0.2, -0.15) is 0 Å². The molecule has 2 N–H and O–H groups in total. The third-order valence-corrected chi connectivity index (χ3v) is 5.20. The number of aromatic carboxylic acids is 1. The zero-order valence-corrected chi connectivity index (χ0v) is 11.7. The minimum Gasteiger partial charge on any atom is -0.478 e. The van der Waals surface area contributed by atoms with Crippen molar-refractivity contribution in [3.05, 3.63) is 41.3 Å². The smallest absolute Gasteiger partial charge is 0.335 e. The third kappa shape index (κ3) is 1.73. The second kappa shape index (κ2) is 4.16. The van der Waals surface area contributed by atoms with Crippen molar-refractivity contribution in [1.82, 2.24) is 9.97 Å². The van der Waals surface area contributed by atoms with Gasteiger partial charge in [-0.05, 0) is 35.7 Å². The number of carboxylic acids is 1. The van der Waals surface area contributed by atoms with E-state index in [9.17, 15) is 4.79 Å². The Morgan fingerprint density at radius 2 is 2.10 bits per heavy atom. The normalized spacial score (nSPS) is 11.4. The lowest BCUT2D eigenvalue weighted by atomic mass is 10.2. The lowest BCUT2D eigenvalue weighted by Crippen LogP contribution is -1.94. The van der Waals surface area contributed by atoms with Crippen molar-refractivity contribution in [3.63, 3.8) is 0 Å². The molecule has 0 bridgehead atoms. The van der Waals surface area contributed by atoms with E-state index >= 15 is 0 Å². The topological polar surface area (TPSA) is 66.0 Å². The predicted octanol–water partition coefficient (Wildman–Crippen LogP) is 4.20. The summed E-state index contributed by atoms with van der Waals surface area (Å²) in [6.07, 6.45) is 0. The zero-order valence-electron chi connectivity index (χ0n) is 10.1. The van der Waals surface area contributed by atoms with Crippen LogP contribution in [0.25, 0.3) is 31.1 Å². The monoisotopic (exact) mass is 300 g/mol. The molecule has 0 radical (unpaired) electrons. The van der Waals surface area contributed by atoms with E-state index in [0.29, 0.717) is 0 Å². The van der Waals surface area contributed by atoms with Gasteiger partial charge in [0, 0.05) is 9.40 Å². The molecule has 3 aromatic heterocycles. The first-order chi connectivity index (χ1) is 9.70. The number of carboxylic acid groups (broad SMARTS) is 1. The average Bonchev–Trinajstić information content (AvgIpc) is 3.10. The maximum Gasteiger partial charge on any atom is 0.335 e. The van der Waals surface area contributed by atoms with Gasteiger partial charge in [0.15, 0.2) is 0 Å². The SMILES string of the molecule is O=C(O)c1ccc2nc(-c3cc4sccc4s3)[nH]c2c1. The van der Waals surface area contributed by atoms with Crippen LogP contribution in [0.15, 0.2) is 35.7 Å². The molecule has 20 heavy (non-hydrogen) atoms. The molecule has 0 fully saturated rings. The average molecular weight is 300 g/mol. The Labute approximate surface area is 121 Å². The van der Waals surface area contributed by atoms with Crippen LogP contribution in [0.5, 0.6) is 0 Å². The minimum atomic E-state index is -0.931. The molecule has 0 saturated heterocycles. The van der Waals surface area contributed by atoms with E-state index in [1.807, 2.05) is 0 Å². The summed E-state index contributed by atoms with van der Waals surface area (Å²) in [5.74, 6) is -0.143. The van der Waals surface area contributed by atoms with Crippen LogP contribution in [0, 0.1) is 0 Å². The zero-order chi connectivity index (χ0) is 13.7. The van der Waals surface area contributed by atoms with E-state index in [0.717, 1.165) is 21.7 Å². The summed E-state index contributed by atoms with van der Waals surface area (Å²) < 4.78 is 2.49. The van der Waals surface area contributed by atoms with Crippen LogP contribution in [0.1, 0.15) is 10.4 Å². The number of fused-ring (bicyclic) bond motifs is 2. The lowest BCUT2D eigenvalue weighted by Gasteiger charge is -1.92. The molecule has 4 aromatic rings. The molecule has 0 aliphatic rings. The number of aromatic amines is 1. The molecule has 1 aromatic carbocycles. The lowest BCUT2D eigenvalue weighted by molar-refractivity contribution is 0.0697. The van der Waals surface area contributed by atoms with Gasteiger partial charge >= 0.3 is 5.97 Å². The Morgan fingerprint density at radius 1 is 1.20 bits per heavy atom. The molecule has 98 valence electrons. The van der Waals surface area contributed by atoms with Crippen LogP contribution in [0.3, 0.4) is 0 Å². The standard InChI is InChI=1S/C14H8N2O2S2/c17-14(18)7-1-2-8-9(5-7)16-13(15-8)12-6-11-10(20-12)3-4-19-11/h1-6H,(H,15,16)(H,17,18). The summed E-state index contributed by atoms with van der Waals surface area (Å²) in [5.41, 5.74) is 1.79. The van der Waals surface area contributed by atoms with Gasteiger partial charge in [0.1, 0.15) is 5.82 Å². The molecule has 0 saturated carbocycles. The Bertz CT molecular complexity index is 920. The summed E-state index contributed by atoms with van der Waals surface area (Å²) in [6.45, 7) is 0. The number of imidazole rings is 1. The van der Waals surface area contributed by atoms with Crippen molar-refractivity contribution in [1.29, 1.82) is 0 Å². The van der Waals surface area contributed by atoms with Gasteiger partial charge in [-0.15, -0.1) is 22.7 Å². The fraction of sp³-hybridized carbons (Fsp3) is 0. The molecule has 3 heterocycles. The highest BCUT2D eigenvalue weighted by Gasteiger charge is 2.11. The number of H-pyrrole nitrogens is 1. The quantitative estimate of drug-likeness (QED) is 0.583. The largest absolute Gasteiger partial charge is 0.478 e. The maximum absolute atomic E-state index is 11.0. The number of hydrogen-bond donors (Lipinski definition) is 2. The van der Waals surface area contributed by atoms with Gasteiger partial charge in [-0.25, -0.2) is 9.78 Å². The second-order valence-corrected chi connectivity index (χ2v) is 6.41. The highest BCUT2D eigenvalue weighted by Crippen LogP contribution is 2.35. The van der Waals surface area contributed by atoms with Crippen LogP contribution in [-0.4, -0.2) is 21.0 Å². The molecule has 0 unspecified atom stereocenters. The van der Waals surface area contributed by atoms with E-state index < -0.39 is 5.97 Å². The number of nitrogens with zero attached hydrogens (tertiary/aromatic N) is 1. The third-order valence-electron chi connectivity index (χ3n) is 3.10. The van der Waals surface area contributed by atoms with E-state index in [1.165, 1.54) is 9.40 Å². The summed E-state index contributed by atoms with van der Waals surface area (Å²) in [7, 11) is 0. The van der Waals surface area contributed by atoms with E-state index in [4.69, 9.17) is 5.11 Å². The highest BCUT2D eigenvalue weighted by atomic mass is 32.1. The number of rotatable bonds is 2. The van der Waals surface area contributed by atoms with Crippen molar-refractivity contribution in [3.8, 4) is 10.7 Å². The molecule has 0 spiro atoms. The number of aromatic nitrogens is 2. The molecule has 0 aliphatic heterocycles. The summed E-state index contributed by atoms with van der Waals surface area (Å²) in [4.78, 5) is 19.8. The number of carbonyl (C=O) groups is 1. The molecule has 0 aliphatic carbocycles. The fourth-order valence-electron chi connectivity index (χ4n) is 2.14. The molecular weight excluding hydrogens is 292 g/mol. The van der Waals surface area contributed by atoms with Crippen LogP contribution < -0.4 is 0 Å². The second-order valence-electron chi connectivity index (χ2n) is 4.38. The number of hydrogen-bond acceptors (Lipinski definition) is 4. The van der Waals surface area contributed by atoms with Crippen LogP contribution in [0.4, 0.5) is 0 Å². The minimum absolute atomic E-state index is 0.264. The summed E-state index contributed by atoms with van der Waals surface area (Å²) in [5, 5.41) is 11.1. The van der Waals surface area contributed by atoms with Gasteiger partial charge in [0.2, 0.25) is 0 Å². The highest BCUT2D eigenvalue weighted by molar-refractivity contribution is 7.28.